The minimum absolute atomic E-state index is 0.125. The van der Waals surface area contributed by atoms with Crippen molar-refractivity contribution in [2.45, 2.75) is 4.90 Å². The van der Waals surface area contributed by atoms with E-state index in [1.165, 1.54) is 6.07 Å². The van der Waals surface area contributed by atoms with E-state index in [-0.39, 0.29) is 10.5 Å². The monoisotopic (exact) mass is 343 g/mol. The second-order valence-corrected chi connectivity index (χ2v) is 7.15. The first kappa shape index (κ1) is 14.8. The van der Waals surface area contributed by atoms with Gasteiger partial charge in [-0.1, -0.05) is 18.2 Å². The lowest BCUT2D eigenvalue weighted by Crippen LogP contribution is -2.16. The van der Waals surface area contributed by atoms with Crippen LogP contribution in [-0.4, -0.2) is 27.5 Å². The first-order valence-corrected chi connectivity index (χ1v) is 8.86. The molecule has 24 heavy (non-hydrogen) atoms. The molecule has 1 amide bonds. The number of hydrogen-bond acceptors (Lipinski definition) is 5. The number of hydrogen-bond donors (Lipinski definition) is 1. The van der Waals surface area contributed by atoms with Crippen LogP contribution in [0.3, 0.4) is 0 Å². The Bertz CT molecular complexity index is 978. The van der Waals surface area contributed by atoms with Crippen molar-refractivity contribution in [2.75, 3.05) is 18.5 Å². The quantitative estimate of drug-likeness (QED) is 0.904. The predicted molar refractivity (Wildman–Crippen MR) is 87.7 cm³/mol. The molecule has 2 aliphatic rings. The highest BCUT2D eigenvalue weighted by Gasteiger charge is 2.30. The summed E-state index contributed by atoms with van der Waals surface area (Å²) in [5.74, 6) is 0.680. The number of carbonyl (C=O) groups is 1. The fourth-order valence-electron chi connectivity index (χ4n) is 2.71. The highest BCUT2D eigenvalue weighted by molar-refractivity contribution is 7.95. The summed E-state index contributed by atoms with van der Waals surface area (Å²) in [4.78, 5) is 12.7. The Balaban J connectivity index is 1.64. The topological polar surface area (TPSA) is 81.7 Å². The van der Waals surface area contributed by atoms with Crippen LogP contribution in [0.4, 0.5) is 5.69 Å². The molecule has 2 aromatic rings. The van der Waals surface area contributed by atoms with Gasteiger partial charge in [0.05, 0.1) is 10.5 Å². The molecule has 0 aliphatic carbocycles. The first-order chi connectivity index (χ1) is 11.5. The number of sulfone groups is 1. The number of anilines is 1. The number of carbonyl (C=O) groups excluding carboxylic acids is 1. The van der Waals surface area contributed by atoms with Crippen LogP contribution in [0.2, 0.25) is 0 Å². The van der Waals surface area contributed by atoms with Gasteiger partial charge in [0.15, 0.2) is 11.5 Å². The number of rotatable bonds is 2. The summed E-state index contributed by atoms with van der Waals surface area (Å²) < 4.78 is 35.1. The zero-order valence-corrected chi connectivity index (χ0v) is 13.3. The van der Waals surface area contributed by atoms with Crippen molar-refractivity contribution in [3.63, 3.8) is 0 Å². The molecule has 0 unspecified atom stereocenters. The van der Waals surface area contributed by atoms with Crippen LogP contribution in [0, 0.1) is 0 Å². The number of nitrogens with one attached hydrogen (secondary N) is 1. The van der Waals surface area contributed by atoms with Gasteiger partial charge in [-0.05, 0) is 18.2 Å². The minimum Gasteiger partial charge on any atom is -0.486 e. The zero-order chi connectivity index (χ0) is 16.7. The number of fused-ring (bicyclic) bond motifs is 2. The van der Waals surface area contributed by atoms with Gasteiger partial charge in [-0.2, -0.15) is 0 Å². The van der Waals surface area contributed by atoms with Crippen molar-refractivity contribution in [3.8, 4) is 11.5 Å². The summed E-state index contributed by atoms with van der Waals surface area (Å²) in [6.07, 6.45) is 0. The normalized spacial score (nSPS) is 16.9. The lowest BCUT2D eigenvalue weighted by Gasteiger charge is -2.19. The Morgan fingerprint density at radius 1 is 1.00 bits per heavy atom. The van der Waals surface area contributed by atoms with Crippen LogP contribution in [0.5, 0.6) is 11.5 Å². The van der Waals surface area contributed by atoms with E-state index >= 15 is 0 Å². The molecule has 4 rings (SSSR count). The van der Waals surface area contributed by atoms with Gasteiger partial charge >= 0.3 is 0 Å². The molecular formula is C17H13NO5S. The molecule has 0 spiro atoms. The maximum absolute atomic E-state index is 12.5. The van der Waals surface area contributed by atoms with E-state index in [2.05, 4.69) is 5.32 Å². The van der Waals surface area contributed by atoms with Crippen molar-refractivity contribution in [1.82, 2.24) is 0 Å². The SMILES string of the molecule is O=C(Nc1ccc2c(c1)OCCO2)C1=CS(=O)(=O)c2ccccc21. The molecule has 0 saturated carbocycles. The minimum atomic E-state index is -3.57. The van der Waals surface area contributed by atoms with Gasteiger partial charge in [-0.25, -0.2) is 8.42 Å². The molecule has 6 nitrogen and oxygen atoms in total. The average molecular weight is 343 g/mol. The highest BCUT2D eigenvalue weighted by atomic mass is 32.2. The molecule has 2 heterocycles. The Hall–Kier alpha value is -2.80. The standard InChI is InChI=1S/C17H13NO5S/c19-17(13-10-24(20,21)16-4-2-1-3-12(13)16)18-11-5-6-14-15(9-11)23-8-7-22-14/h1-6,9-10H,7-8H2,(H,18,19). The van der Waals surface area contributed by atoms with Gasteiger partial charge in [-0.3, -0.25) is 4.79 Å². The van der Waals surface area contributed by atoms with Crippen LogP contribution in [0.25, 0.3) is 5.57 Å². The van der Waals surface area contributed by atoms with Gasteiger partial charge in [0, 0.05) is 22.7 Å². The smallest absolute Gasteiger partial charge is 0.257 e. The number of ether oxygens (including phenoxy) is 2. The van der Waals surface area contributed by atoms with E-state index in [1.54, 1.807) is 36.4 Å². The van der Waals surface area contributed by atoms with Crippen LogP contribution in [0.1, 0.15) is 5.56 Å². The molecule has 0 fully saturated rings. The van der Waals surface area contributed by atoms with E-state index in [1.807, 2.05) is 0 Å². The Morgan fingerprint density at radius 3 is 2.58 bits per heavy atom. The van der Waals surface area contributed by atoms with E-state index in [9.17, 15) is 13.2 Å². The van der Waals surface area contributed by atoms with Gasteiger partial charge in [0.25, 0.3) is 5.91 Å². The van der Waals surface area contributed by atoms with Gasteiger partial charge in [0.1, 0.15) is 13.2 Å². The van der Waals surface area contributed by atoms with Gasteiger partial charge in [0.2, 0.25) is 9.84 Å². The van der Waals surface area contributed by atoms with E-state index in [4.69, 9.17) is 9.47 Å². The van der Waals surface area contributed by atoms with E-state index in [0.717, 1.165) is 5.41 Å². The second-order valence-electron chi connectivity index (χ2n) is 5.39. The number of amides is 1. The predicted octanol–water partition coefficient (Wildman–Crippen LogP) is 2.22. The summed E-state index contributed by atoms with van der Waals surface area (Å²) in [5.41, 5.74) is 1.04. The van der Waals surface area contributed by atoms with Gasteiger partial charge in [-0.15, -0.1) is 0 Å². The third-order valence-electron chi connectivity index (χ3n) is 3.80. The maximum atomic E-state index is 12.5. The van der Waals surface area contributed by atoms with Crippen molar-refractivity contribution in [3.05, 3.63) is 53.4 Å². The van der Waals surface area contributed by atoms with Crippen LogP contribution >= 0.6 is 0 Å². The summed E-state index contributed by atoms with van der Waals surface area (Å²) in [6.45, 7) is 0.932. The average Bonchev–Trinajstić information content (AvgIpc) is 2.87. The van der Waals surface area contributed by atoms with Crippen molar-refractivity contribution < 1.29 is 22.7 Å². The Kier molecular flexibility index (Phi) is 3.31. The van der Waals surface area contributed by atoms with E-state index in [0.29, 0.717) is 36.0 Å². The molecule has 122 valence electrons. The molecule has 0 radical (unpaired) electrons. The van der Waals surface area contributed by atoms with Gasteiger partial charge < -0.3 is 14.8 Å². The van der Waals surface area contributed by atoms with Crippen LogP contribution in [0.15, 0.2) is 52.8 Å². The number of benzene rings is 2. The zero-order valence-electron chi connectivity index (χ0n) is 12.5. The summed E-state index contributed by atoms with van der Waals surface area (Å²) in [5, 5.41) is 3.71. The molecule has 7 heteroatoms. The fourth-order valence-corrected chi connectivity index (χ4v) is 4.14. The van der Waals surface area contributed by atoms with Crippen LogP contribution in [-0.2, 0) is 14.6 Å². The molecule has 1 N–H and O–H groups in total. The van der Waals surface area contributed by atoms with E-state index < -0.39 is 15.7 Å². The third-order valence-corrected chi connectivity index (χ3v) is 5.32. The Labute approximate surface area is 138 Å². The molecular weight excluding hydrogens is 330 g/mol. The van der Waals surface area contributed by atoms with Crippen molar-refractivity contribution >= 4 is 27.0 Å². The fraction of sp³-hybridized carbons (Fsp3) is 0.118. The highest BCUT2D eigenvalue weighted by Crippen LogP contribution is 2.35. The molecule has 0 saturated heterocycles. The Morgan fingerprint density at radius 2 is 1.75 bits per heavy atom. The summed E-state index contributed by atoms with van der Waals surface area (Å²) in [6, 6.07) is 11.5. The molecule has 2 aromatic carbocycles. The maximum Gasteiger partial charge on any atom is 0.257 e. The van der Waals surface area contributed by atoms with Crippen LogP contribution < -0.4 is 14.8 Å². The molecule has 2 aliphatic heterocycles. The third kappa shape index (κ3) is 2.43. The summed E-state index contributed by atoms with van der Waals surface area (Å²) in [7, 11) is -3.57. The second kappa shape index (κ2) is 5.38. The lowest BCUT2D eigenvalue weighted by atomic mass is 10.1. The van der Waals surface area contributed by atoms with Crippen molar-refractivity contribution in [1.29, 1.82) is 0 Å². The molecule has 0 atom stereocenters. The molecule has 0 aromatic heterocycles. The van der Waals surface area contributed by atoms with Crippen molar-refractivity contribution in [2.24, 2.45) is 0 Å². The lowest BCUT2D eigenvalue weighted by molar-refractivity contribution is -0.111. The first-order valence-electron chi connectivity index (χ1n) is 7.32. The summed E-state index contributed by atoms with van der Waals surface area (Å²) >= 11 is 0. The molecule has 0 bridgehead atoms. The largest absolute Gasteiger partial charge is 0.486 e.